The van der Waals surface area contributed by atoms with E-state index in [1.165, 1.54) is 16.8 Å². The molecular formula is C15H16N2S. The molecule has 1 atom stereocenters. The minimum atomic E-state index is 0.384. The number of hydrogen-bond acceptors (Lipinski definition) is 2. The van der Waals surface area contributed by atoms with Gasteiger partial charge in [-0.15, -0.1) is 0 Å². The predicted octanol–water partition coefficient (Wildman–Crippen LogP) is 3.78. The maximum absolute atomic E-state index is 5.26. The average molecular weight is 256 g/mol. The SMILES string of the molecule is CCc1cc(=S)nc(C2CCc3ccccc32)[nH]1. The van der Waals surface area contributed by atoms with Crippen LogP contribution in [0.5, 0.6) is 0 Å². The highest BCUT2D eigenvalue weighted by Gasteiger charge is 2.25. The standard InChI is InChI=1S/C15H16N2S/c1-2-11-9-14(18)17-15(16-11)13-8-7-10-5-3-4-6-12(10)13/h3-6,9,13H,2,7-8H2,1H3,(H,16,17,18). The van der Waals surface area contributed by atoms with Crippen molar-refractivity contribution in [3.8, 4) is 0 Å². The Morgan fingerprint density at radius 1 is 1.39 bits per heavy atom. The first kappa shape index (κ1) is 11.6. The third kappa shape index (κ3) is 1.99. The Bertz CT molecular complexity index is 630. The second-order valence-electron chi connectivity index (χ2n) is 4.77. The molecule has 2 nitrogen and oxygen atoms in total. The van der Waals surface area contributed by atoms with Crippen molar-refractivity contribution in [2.75, 3.05) is 0 Å². The summed E-state index contributed by atoms with van der Waals surface area (Å²) in [6.45, 7) is 2.13. The van der Waals surface area contributed by atoms with E-state index in [4.69, 9.17) is 12.2 Å². The van der Waals surface area contributed by atoms with Crippen molar-refractivity contribution in [2.45, 2.75) is 32.1 Å². The molecule has 1 unspecified atom stereocenters. The predicted molar refractivity (Wildman–Crippen MR) is 75.4 cm³/mol. The Kier molecular flexibility index (Phi) is 3.00. The number of aryl methyl sites for hydroxylation is 2. The fraction of sp³-hybridized carbons (Fsp3) is 0.333. The van der Waals surface area contributed by atoms with Crippen LogP contribution in [0.25, 0.3) is 0 Å². The summed E-state index contributed by atoms with van der Waals surface area (Å²) in [7, 11) is 0. The molecule has 0 saturated carbocycles. The molecule has 0 spiro atoms. The molecule has 0 saturated heterocycles. The Balaban J connectivity index is 2.07. The van der Waals surface area contributed by atoms with Gasteiger partial charge in [0.15, 0.2) is 0 Å². The van der Waals surface area contributed by atoms with Gasteiger partial charge in [-0.05, 0) is 36.5 Å². The lowest BCUT2D eigenvalue weighted by molar-refractivity contribution is 0.717. The minimum absolute atomic E-state index is 0.384. The van der Waals surface area contributed by atoms with Gasteiger partial charge in [0.05, 0.1) is 0 Å². The smallest absolute Gasteiger partial charge is 0.130 e. The van der Waals surface area contributed by atoms with Gasteiger partial charge in [0.2, 0.25) is 0 Å². The van der Waals surface area contributed by atoms with Crippen LogP contribution in [-0.4, -0.2) is 9.97 Å². The van der Waals surface area contributed by atoms with Gasteiger partial charge in [-0.1, -0.05) is 43.4 Å². The number of aromatic nitrogens is 2. The zero-order chi connectivity index (χ0) is 12.5. The normalized spacial score (nSPS) is 17.7. The minimum Gasteiger partial charge on any atom is -0.347 e. The van der Waals surface area contributed by atoms with Crippen LogP contribution in [0.1, 0.15) is 41.9 Å². The van der Waals surface area contributed by atoms with Crippen LogP contribution < -0.4 is 0 Å². The molecule has 92 valence electrons. The lowest BCUT2D eigenvalue weighted by Crippen LogP contribution is -2.05. The van der Waals surface area contributed by atoms with Gasteiger partial charge in [-0.25, -0.2) is 4.98 Å². The van der Waals surface area contributed by atoms with E-state index in [0.717, 1.165) is 25.1 Å². The fourth-order valence-corrected chi connectivity index (χ4v) is 2.97. The molecule has 18 heavy (non-hydrogen) atoms. The number of H-pyrrole nitrogens is 1. The van der Waals surface area contributed by atoms with Crippen molar-refractivity contribution in [1.29, 1.82) is 0 Å². The van der Waals surface area contributed by atoms with Gasteiger partial charge < -0.3 is 4.98 Å². The molecule has 1 aliphatic rings. The number of rotatable bonds is 2. The third-order valence-corrected chi connectivity index (χ3v) is 3.87. The molecule has 1 aromatic carbocycles. The first-order valence-corrected chi connectivity index (χ1v) is 6.86. The van der Waals surface area contributed by atoms with Crippen LogP contribution in [0.2, 0.25) is 0 Å². The van der Waals surface area contributed by atoms with E-state index in [2.05, 4.69) is 41.2 Å². The molecule has 0 aliphatic heterocycles. The highest BCUT2D eigenvalue weighted by Crippen LogP contribution is 2.36. The molecule has 1 aromatic heterocycles. The molecule has 1 aliphatic carbocycles. The topological polar surface area (TPSA) is 28.7 Å². The fourth-order valence-electron chi connectivity index (χ4n) is 2.73. The van der Waals surface area contributed by atoms with Gasteiger partial charge >= 0.3 is 0 Å². The second-order valence-corrected chi connectivity index (χ2v) is 5.19. The van der Waals surface area contributed by atoms with Crippen LogP contribution >= 0.6 is 12.2 Å². The highest BCUT2D eigenvalue weighted by atomic mass is 32.1. The Morgan fingerprint density at radius 2 is 2.22 bits per heavy atom. The maximum atomic E-state index is 5.26. The number of nitrogens with one attached hydrogen (secondary N) is 1. The summed E-state index contributed by atoms with van der Waals surface area (Å²) in [6.07, 6.45) is 3.23. The van der Waals surface area contributed by atoms with Crippen molar-refractivity contribution in [1.82, 2.24) is 9.97 Å². The number of hydrogen-bond donors (Lipinski definition) is 1. The second kappa shape index (κ2) is 4.65. The van der Waals surface area contributed by atoms with E-state index in [9.17, 15) is 0 Å². The lowest BCUT2D eigenvalue weighted by atomic mass is 10.0. The van der Waals surface area contributed by atoms with Gasteiger partial charge in [0.25, 0.3) is 0 Å². The molecule has 0 fully saturated rings. The largest absolute Gasteiger partial charge is 0.347 e. The lowest BCUT2D eigenvalue weighted by Gasteiger charge is -2.12. The van der Waals surface area contributed by atoms with Crippen LogP contribution in [0.3, 0.4) is 0 Å². The van der Waals surface area contributed by atoms with Crippen molar-refractivity contribution in [2.24, 2.45) is 0 Å². The van der Waals surface area contributed by atoms with Gasteiger partial charge in [-0.3, -0.25) is 0 Å². The molecule has 1 N–H and O–H groups in total. The molecule has 1 heterocycles. The van der Waals surface area contributed by atoms with Crippen molar-refractivity contribution in [3.05, 3.63) is 57.6 Å². The maximum Gasteiger partial charge on any atom is 0.130 e. The molecular weight excluding hydrogens is 240 g/mol. The third-order valence-electron chi connectivity index (χ3n) is 3.66. The molecule has 0 radical (unpaired) electrons. The monoisotopic (exact) mass is 256 g/mol. The Hall–Kier alpha value is -1.48. The molecule has 2 aromatic rings. The summed E-state index contributed by atoms with van der Waals surface area (Å²) >= 11 is 5.26. The number of benzene rings is 1. The van der Waals surface area contributed by atoms with Crippen molar-refractivity contribution < 1.29 is 0 Å². The zero-order valence-corrected chi connectivity index (χ0v) is 11.3. The summed E-state index contributed by atoms with van der Waals surface area (Å²) in [5.74, 6) is 1.42. The Morgan fingerprint density at radius 3 is 3.06 bits per heavy atom. The van der Waals surface area contributed by atoms with Gasteiger partial charge in [0, 0.05) is 11.6 Å². The van der Waals surface area contributed by atoms with Crippen LogP contribution in [0.4, 0.5) is 0 Å². The van der Waals surface area contributed by atoms with Crippen molar-refractivity contribution in [3.63, 3.8) is 0 Å². The van der Waals surface area contributed by atoms with E-state index in [1.54, 1.807) is 0 Å². The summed E-state index contributed by atoms with van der Waals surface area (Å²) in [5, 5.41) is 0. The molecule has 0 bridgehead atoms. The van der Waals surface area contributed by atoms with Crippen LogP contribution in [0, 0.1) is 4.64 Å². The number of nitrogens with zero attached hydrogens (tertiary/aromatic N) is 1. The quantitative estimate of drug-likeness (QED) is 0.828. The molecule has 3 heteroatoms. The van der Waals surface area contributed by atoms with E-state index in [0.29, 0.717) is 10.6 Å². The molecule has 3 rings (SSSR count). The van der Waals surface area contributed by atoms with E-state index in [-0.39, 0.29) is 0 Å². The first-order chi connectivity index (χ1) is 8.78. The van der Waals surface area contributed by atoms with Gasteiger partial charge in [-0.2, -0.15) is 0 Å². The van der Waals surface area contributed by atoms with E-state index in [1.807, 2.05) is 6.07 Å². The summed E-state index contributed by atoms with van der Waals surface area (Å²) in [4.78, 5) is 7.96. The van der Waals surface area contributed by atoms with Crippen molar-refractivity contribution >= 4 is 12.2 Å². The summed E-state index contributed by atoms with van der Waals surface area (Å²) in [6, 6.07) is 10.6. The highest BCUT2D eigenvalue weighted by molar-refractivity contribution is 7.71. The van der Waals surface area contributed by atoms with Gasteiger partial charge in [0.1, 0.15) is 10.5 Å². The number of fused-ring (bicyclic) bond motifs is 1. The summed E-state index contributed by atoms with van der Waals surface area (Å²) < 4.78 is 0.699. The summed E-state index contributed by atoms with van der Waals surface area (Å²) in [5.41, 5.74) is 4.03. The van der Waals surface area contributed by atoms with E-state index < -0.39 is 0 Å². The molecule has 0 amide bonds. The van der Waals surface area contributed by atoms with Crippen LogP contribution in [0.15, 0.2) is 30.3 Å². The van der Waals surface area contributed by atoms with Crippen LogP contribution in [-0.2, 0) is 12.8 Å². The van der Waals surface area contributed by atoms with E-state index >= 15 is 0 Å². The first-order valence-electron chi connectivity index (χ1n) is 6.46. The number of aromatic amines is 1. The zero-order valence-electron chi connectivity index (χ0n) is 10.4. The average Bonchev–Trinajstić information content (AvgIpc) is 2.81. The Labute approximate surface area is 112 Å².